The van der Waals surface area contributed by atoms with Gasteiger partial charge in [0, 0.05) is 45.1 Å². The van der Waals surface area contributed by atoms with Gasteiger partial charge in [-0.1, -0.05) is 6.07 Å². The highest BCUT2D eigenvalue weighted by Crippen LogP contribution is 2.13. The maximum atomic E-state index is 5.45. The molecule has 124 valence electrons. The number of nitrogens with zero attached hydrogens (tertiary/aromatic N) is 4. The Morgan fingerprint density at radius 3 is 3.09 bits per heavy atom. The zero-order chi connectivity index (χ0) is 16.2. The summed E-state index contributed by atoms with van der Waals surface area (Å²) in [6, 6.07) is 6.14. The molecular formula is C17H25N5O. The number of imidazole rings is 1. The van der Waals surface area contributed by atoms with Gasteiger partial charge in [0.15, 0.2) is 5.96 Å². The van der Waals surface area contributed by atoms with E-state index in [1.807, 2.05) is 19.2 Å². The molecule has 3 heterocycles. The van der Waals surface area contributed by atoms with Gasteiger partial charge in [0.05, 0.1) is 18.8 Å². The molecule has 0 radical (unpaired) electrons. The van der Waals surface area contributed by atoms with E-state index in [9.17, 15) is 0 Å². The highest BCUT2D eigenvalue weighted by atomic mass is 16.5. The fraction of sp³-hybridized carbons (Fsp3) is 0.529. The van der Waals surface area contributed by atoms with Gasteiger partial charge in [0.1, 0.15) is 5.65 Å². The molecule has 2 aromatic heterocycles. The Bertz CT molecular complexity index is 687. The van der Waals surface area contributed by atoms with Crippen molar-refractivity contribution < 1.29 is 4.74 Å². The summed E-state index contributed by atoms with van der Waals surface area (Å²) in [7, 11) is 3.89. The molecule has 1 aliphatic heterocycles. The SMILES string of the molecule is CN=C(NCc1cn2c(C)cccc2n1)N(C)CC1CCOC1. The third kappa shape index (κ3) is 3.64. The molecule has 0 spiro atoms. The van der Waals surface area contributed by atoms with Gasteiger partial charge in [-0.15, -0.1) is 0 Å². The van der Waals surface area contributed by atoms with Crippen LogP contribution in [0.3, 0.4) is 0 Å². The average Bonchev–Trinajstić information content (AvgIpc) is 3.18. The van der Waals surface area contributed by atoms with Crippen LogP contribution in [0.15, 0.2) is 29.4 Å². The molecule has 0 aliphatic carbocycles. The first-order valence-electron chi connectivity index (χ1n) is 8.10. The van der Waals surface area contributed by atoms with Crippen LogP contribution in [-0.4, -0.2) is 54.1 Å². The van der Waals surface area contributed by atoms with Gasteiger partial charge in [-0.25, -0.2) is 4.98 Å². The summed E-state index contributed by atoms with van der Waals surface area (Å²) in [5.74, 6) is 1.49. The first kappa shape index (κ1) is 15.8. The Balaban J connectivity index is 1.61. The average molecular weight is 315 g/mol. The van der Waals surface area contributed by atoms with Crippen molar-refractivity contribution in [3.05, 3.63) is 35.8 Å². The van der Waals surface area contributed by atoms with Crippen LogP contribution in [0.2, 0.25) is 0 Å². The molecule has 1 fully saturated rings. The highest BCUT2D eigenvalue weighted by Gasteiger charge is 2.19. The molecule has 1 unspecified atom stereocenters. The van der Waals surface area contributed by atoms with Crippen molar-refractivity contribution in [2.45, 2.75) is 19.9 Å². The minimum Gasteiger partial charge on any atom is -0.381 e. The molecule has 0 saturated carbocycles. The molecule has 0 amide bonds. The zero-order valence-electron chi connectivity index (χ0n) is 14.1. The van der Waals surface area contributed by atoms with E-state index in [4.69, 9.17) is 4.74 Å². The molecular weight excluding hydrogens is 290 g/mol. The molecule has 0 aromatic carbocycles. The summed E-state index contributed by atoms with van der Waals surface area (Å²) in [6.07, 6.45) is 3.21. The molecule has 1 atom stereocenters. The van der Waals surface area contributed by atoms with E-state index < -0.39 is 0 Å². The maximum absolute atomic E-state index is 5.45. The second kappa shape index (κ2) is 7.00. The van der Waals surface area contributed by atoms with E-state index in [-0.39, 0.29) is 0 Å². The molecule has 6 heteroatoms. The second-order valence-electron chi connectivity index (χ2n) is 6.14. The van der Waals surface area contributed by atoms with Gasteiger partial charge in [0.2, 0.25) is 0 Å². The fourth-order valence-electron chi connectivity index (χ4n) is 3.04. The Morgan fingerprint density at radius 1 is 1.52 bits per heavy atom. The lowest BCUT2D eigenvalue weighted by Gasteiger charge is -2.24. The lowest BCUT2D eigenvalue weighted by Crippen LogP contribution is -2.41. The van der Waals surface area contributed by atoms with E-state index in [2.05, 4.69) is 50.8 Å². The number of nitrogens with one attached hydrogen (secondary N) is 1. The summed E-state index contributed by atoms with van der Waals surface area (Å²) in [4.78, 5) is 11.2. The molecule has 0 bridgehead atoms. The number of ether oxygens (including phenoxy) is 1. The van der Waals surface area contributed by atoms with Gasteiger partial charge in [0.25, 0.3) is 0 Å². The molecule has 6 nitrogen and oxygen atoms in total. The van der Waals surface area contributed by atoms with E-state index in [1.165, 1.54) is 5.69 Å². The zero-order valence-corrected chi connectivity index (χ0v) is 14.1. The normalized spacial score (nSPS) is 18.6. The Labute approximate surface area is 137 Å². The van der Waals surface area contributed by atoms with Gasteiger partial charge in [-0.05, 0) is 25.5 Å². The van der Waals surface area contributed by atoms with Crippen LogP contribution in [0.5, 0.6) is 0 Å². The highest BCUT2D eigenvalue weighted by molar-refractivity contribution is 5.79. The molecule has 1 aliphatic rings. The summed E-state index contributed by atoms with van der Waals surface area (Å²) in [5, 5.41) is 3.40. The minimum atomic E-state index is 0.594. The number of hydrogen-bond acceptors (Lipinski definition) is 3. The van der Waals surface area contributed by atoms with Crippen LogP contribution in [-0.2, 0) is 11.3 Å². The smallest absolute Gasteiger partial charge is 0.193 e. The van der Waals surface area contributed by atoms with Crippen LogP contribution >= 0.6 is 0 Å². The Morgan fingerprint density at radius 2 is 2.39 bits per heavy atom. The summed E-state index contributed by atoms with van der Waals surface area (Å²) < 4.78 is 7.56. The van der Waals surface area contributed by atoms with Crippen molar-refractivity contribution >= 4 is 11.6 Å². The predicted molar refractivity (Wildman–Crippen MR) is 91.7 cm³/mol. The van der Waals surface area contributed by atoms with Gasteiger partial charge >= 0.3 is 0 Å². The molecule has 2 aromatic rings. The second-order valence-corrected chi connectivity index (χ2v) is 6.14. The third-order valence-corrected chi connectivity index (χ3v) is 4.30. The van der Waals surface area contributed by atoms with Crippen molar-refractivity contribution in [3.8, 4) is 0 Å². The summed E-state index contributed by atoms with van der Waals surface area (Å²) >= 11 is 0. The predicted octanol–water partition coefficient (Wildman–Crippen LogP) is 1.69. The number of guanidine groups is 1. The first-order chi connectivity index (χ1) is 11.2. The summed E-state index contributed by atoms with van der Waals surface area (Å²) in [5.41, 5.74) is 3.18. The van der Waals surface area contributed by atoms with Gasteiger partial charge in [-0.3, -0.25) is 4.99 Å². The number of aryl methyl sites for hydroxylation is 1. The van der Waals surface area contributed by atoms with E-state index >= 15 is 0 Å². The quantitative estimate of drug-likeness (QED) is 0.689. The lowest BCUT2D eigenvalue weighted by atomic mass is 10.1. The van der Waals surface area contributed by atoms with Gasteiger partial charge < -0.3 is 19.4 Å². The molecule has 1 N–H and O–H groups in total. The van der Waals surface area contributed by atoms with Crippen LogP contribution in [0.4, 0.5) is 0 Å². The molecule has 23 heavy (non-hydrogen) atoms. The van der Waals surface area contributed by atoms with E-state index in [1.54, 1.807) is 0 Å². The van der Waals surface area contributed by atoms with Crippen LogP contribution < -0.4 is 5.32 Å². The van der Waals surface area contributed by atoms with Crippen molar-refractivity contribution in [2.75, 3.05) is 33.9 Å². The van der Waals surface area contributed by atoms with Crippen LogP contribution in [0.25, 0.3) is 5.65 Å². The van der Waals surface area contributed by atoms with E-state index in [0.29, 0.717) is 12.5 Å². The summed E-state index contributed by atoms with van der Waals surface area (Å²) in [6.45, 7) is 5.45. The third-order valence-electron chi connectivity index (χ3n) is 4.30. The van der Waals surface area contributed by atoms with Crippen molar-refractivity contribution in [1.29, 1.82) is 0 Å². The lowest BCUT2D eigenvalue weighted by molar-refractivity contribution is 0.181. The van der Waals surface area contributed by atoms with Crippen LogP contribution in [0.1, 0.15) is 17.8 Å². The fourth-order valence-corrected chi connectivity index (χ4v) is 3.04. The largest absolute Gasteiger partial charge is 0.381 e. The van der Waals surface area contributed by atoms with Crippen LogP contribution in [0, 0.1) is 12.8 Å². The maximum Gasteiger partial charge on any atom is 0.193 e. The standard InChI is InChI=1S/C17H25N5O/c1-13-5-4-6-16-20-15(11-22(13)16)9-19-17(18-2)21(3)10-14-7-8-23-12-14/h4-6,11,14H,7-10,12H2,1-3H3,(H,18,19). The Hall–Kier alpha value is -2.08. The number of hydrogen-bond donors (Lipinski definition) is 1. The topological polar surface area (TPSA) is 54.2 Å². The minimum absolute atomic E-state index is 0.594. The number of aromatic nitrogens is 2. The number of fused-ring (bicyclic) bond motifs is 1. The first-order valence-corrected chi connectivity index (χ1v) is 8.10. The number of rotatable bonds is 4. The van der Waals surface area contributed by atoms with Gasteiger partial charge in [-0.2, -0.15) is 0 Å². The van der Waals surface area contributed by atoms with E-state index in [0.717, 1.165) is 43.5 Å². The number of aliphatic imine (C=N–C) groups is 1. The van der Waals surface area contributed by atoms with Crippen molar-refractivity contribution in [1.82, 2.24) is 19.6 Å². The Kier molecular flexibility index (Phi) is 4.81. The monoisotopic (exact) mass is 315 g/mol. The molecule has 1 saturated heterocycles. The number of pyridine rings is 1. The van der Waals surface area contributed by atoms with Crippen molar-refractivity contribution in [2.24, 2.45) is 10.9 Å². The van der Waals surface area contributed by atoms with Crippen molar-refractivity contribution in [3.63, 3.8) is 0 Å². The molecule has 3 rings (SSSR count).